The molecule has 0 aliphatic rings. The van der Waals surface area contributed by atoms with Crippen molar-refractivity contribution >= 4 is 19.1 Å². The summed E-state index contributed by atoms with van der Waals surface area (Å²) in [4.78, 5) is 0. The van der Waals surface area contributed by atoms with Crippen LogP contribution < -0.4 is 33.9 Å². The third-order valence-electron chi connectivity index (χ3n) is 3.19. The fourth-order valence-corrected chi connectivity index (χ4v) is 1.95. The number of rotatable bonds is 6. The van der Waals surface area contributed by atoms with Gasteiger partial charge in [0.15, 0.2) is 0 Å². The summed E-state index contributed by atoms with van der Waals surface area (Å²) >= 11 is -0.106. The van der Waals surface area contributed by atoms with Crippen LogP contribution in [0.3, 0.4) is 0 Å². The first kappa shape index (κ1) is 30.0. The van der Waals surface area contributed by atoms with Crippen molar-refractivity contribution in [1.82, 2.24) is 9.13 Å². The van der Waals surface area contributed by atoms with Crippen LogP contribution in [0.25, 0.3) is 0 Å². The summed E-state index contributed by atoms with van der Waals surface area (Å²) in [6.07, 6.45) is 17.6. The predicted molar refractivity (Wildman–Crippen MR) is 92.7 cm³/mol. The molecule has 152 valence electrons. The first-order chi connectivity index (χ1) is 11.1. The molecule has 0 unspecified atom stereocenters. The molecule has 0 atom stereocenters. The summed E-state index contributed by atoms with van der Waals surface area (Å²) in [6, 6.07) is 0. The Hall–Kier alpha value is 0.242. The summed E-state index contributed by atoms with van der Waals surface area (Å²) in [5.41, 5.74) is 0. The van der Waals surface area contributed by atoms with Crippen LogP contribution in [0, 0.1) is 0 Å². The van der Waals surface area contributed by atoms with E-state index in [1.165, 1.54) is 25.7 Å². The zero-order chi connectivity index (χ0) is 17.5. The van der Waals surface area contributed by atoms with Crippen LogP contribution in [-0.2, 0) is 43.1 Å². The summed E-state index contributed by atoms with van der Waals surface area (Å²) in [6.45, 7) is 6.72. The molecule has 25 heavy (non-hydrogen) atoms. The van der Waals surface area contributed by atoms with Gasteiger partial charge in [-0.1, -0.05) is 26.7 Å². The molecule has 0 aromatic carbocycles. The number of unbranched alkanes of at least 4 members (excludes halogenated alkanes) is 2. The van der Waals surface area contributed by atoms with Crippen molar-refractivity contribution in [3.8, 4) is 0 Å². The Morgan fingerprint density at radius 1 is 0.800 bits per heavy atom. The standard InChI is InChI=1S/2C8H15N2.4ClH.Pd/c2*1-3-4-5-10-7-6-9(2)8-10;;;;;/h2*6-8H,3-5H2,1-2H3;4*1H;/q2*+1;;;;;+2/p-4. The van der Waals surface area contributed by atoms with Gasteiger partial charge in [0.05, 0.1) is 27.2 Å². The van der Waals surface area contributed by atoms with Crippen molar-refractivity contribution in [2.75, 3.05) is 0 Å². The van der Waals surface area contributed by atoms with Gasteiger partial charge in [-0.2, -0.15) is 0 Å². The Balaban J connectivity index is -0.000000313. The average molecular weight is 527 g/mol. The quantitative estimate of drug-likeness (QED) is 0.296. The Morgan fingerprint density at radius 3 is 1.32 bits per heavy atom. The van der Waals surface area contributed by atoms with Gasteiger partial charge in [0, 0.05) is 0 Å². The third-order valence-corrected chi connectivity index (χ3v) is 3.19. The Labute approximate surface area is 181 Å². The van der Waals surface area contributed by atoms with Crippen LogP contribution in [0.15, 0.2) is 37.4 Å². The Morgan fingerprint density at radius 2 is 1.12 bits per heavy atom. The molecule has 4 nitrogen and oxygen atoms in total. The molecule has 2 heterocycles. The van der Waals surface area contributed by atoms with Gasteiger partial charge >= 0.3 is 35.0 Å². The van der Waals surface area contributed by atoms with Gasteiger partial charge in [-0.25, -0.2) is 18.3 Å². The minimum atomic E-state index is -0.106. The summed E-state index contributed by atoms with van der Waals surface area (Å²) in [7, 11) is 13.7. The first-order valence-electron chi connectivity index (χ1n) is 7.91. The van der Waals surface area contributed by atoms with Gasteiger partial charge in [0.1, 0.15) is 24.8 Å². The number of hydrogen-bond donors (Lipinski definition) is 0. The van der Waals surface area contributed by atoms with E-state index >= 15 is 0 Å². The van der Waals surface area contributed by atoms with Crippen LogP contribution in [0.5, 0.6) is 0 Å². The van der Waals surface area contributed by atoms with Gasteiger partial charge in [-0.3, -0.25) is 0 Å². The molecule has 2 aromatic rings. The topological polar surface area (TPSA) is 17.6 Å². The van der Waals surface area contributed by atoms with E-state index in [0.717, 1.165) is 13.1 Å². The van der Waals surface area contributed by atoms with E-state index in [1.54, 1.807) is 0 Å². The molecule has 0 saturated carbocycles. The zero-order valence-corrected chi connectivity index (χ0v) is 19.9. The number of nitrogens with zero attached hydrogens (tertiary/aromatic N) is 4. The van der Waals surface area contributed by atoms with Crippen LogP contribution in [0.4, 0.5) is 0 Å². The maximum atomic E-state index is 4.81. The van der Waals surface area contributed by atoms with E-state index in [9.17, 15) is 0 Å². The first-order valence-corrected chi connectivity index (χ1v) is 11.9. The predicted octanol–water partition coefficient (Wildman–Crippen LogP) is -2.39. The van der Waals surface area contributed by atoms with Crippen molar-refractivity contribution in [2.24, 2.45) is 14.1 Å². The summed E-state index contributed by atoms with van der Waals surface area (Å²) in [5, 5.41) is 0. The second kappa shape index (κ2) is 20.6. The SMILES string of the molecule is CCCCn1cc[n+](C)c1.CCCCn1cc[n+](C)c1.[Cl-].[Cl-].[Cl][Pd][Cl]. The molecule has 0 aliphatic heterocycles. The van der Waals surface area contributed by atoms with Crippen molar-refractivity contribution in [3.05, 3.63) is 37.4 Å². The Kier molecular flexibility index (Phi) is 24.7. The molecule has 0 N–H and O–H groups in total. The van der Waals surface area contributed by atoms with Crippen LogP contribution in [-0.4, -0.2) is 9.13 Å². The number of imidazole rings is 2. The normalized spacial score (nSPS) is 9.04. The maximum absolute atomic E-state index is 4.81. The molecule has 2 aromatic heterocycles. The van der Waals surface area contributed by atoms with Gasteiger partial charge < -0.3 is 24.8 Å². The van der Waals surface area contributed by atoms with Crippen molar-refractivity contribution in [1.29, 1.82) is 0 Å². The molecule has 0 radical (unpaired) electrons. The Bertz CT molecular complexity index is 462. The van der Waals surface area contributed by atoms with Crippen molar-refractivity contribution in [2.45, 2.75) is 52.6 Å². The molecule has 9 heteroatoms. The second-order valence-corrected chi connectivity index (χ2v) is 7.75. The van der Waals surface area contributed by atoms with E-state index in [0.29, 0.717) is 0 Å². The molecule has 0 spiro atoms. The molecule has 0 saturated heterocycles. The third kappa shape index (κ3) is 17.4. The van der Waals surface area contributed by atoms with Crippen LogP contribution >= 0.6 is 19.1 Å². The number of halogens is 4. The summed E-state index contributed by atoms with van der Waals surface area (Å²) in [5.74, 6) is 0. The number of aryl methyl sites for hydroxylation is 4. The van der Waals surface area contributed by atoms with E-state index in [4.69, 9.17) is 19.1 Å². The van der Waals surface area contributed by atoms with E-state index < -0.39 is 0 Å². The van der Waals surface area contributed by atoms with E-state index in [2.05, 4.69) is 69.6 Å². The fourth-order valence-electron chi connectivity index (χ4n) is 1.95. The molecular formula is C16H30Cl4N4Pd. The van der Waals surface area contributed by atoms with Crippen molar-refractivity contribution in [3.63, 3.8) is 0 Å². The van der Waals surface area contributed by atoms with Gasteiger partial charge in [-0.05, 0) is 12.8 Å². The molecule has 0 amide bonds. The minimum absolute atomic E-state index is 0. The van der Waals surface area contributed by atoms with Crippen LogP contribution in [0.2, 0.25) is 0 Å². The average Bonchev–Trinajstić information content (AvgIpc) is 3.13. The molecular weight excluding hydrogens is 496 g/mol. The van der Waals surface area contributed by atoms with Gasteiger partial charge in [0.25, 0.3) is 0 Å². The molecule has 2 rings (SSSR count). The monoisotopic (exact) mass is 524 g/mol. The number of aromatic nitrogens is 4. The fraction of sp³-hybridized carbons (Fsp3) is 0.625. The molecule has 0 aliphatic carbocycles. The number of hydrogen-bond acceptors (Lipinski definition) is 0. The van der Waals surface area contributed by atoms with Crippen molar-refractivity contribution < 1.29 is 49.9 Å². The second-order valence-electron chi connectivity index (χ2n) is 5.39. The van der Waals surface area contributed by atoms with Crippen LogP contribution in [0.1, 0.15) is 39.5 Å². The molecule has 0 bridgehead atoms. The van der Waals surface area contributed by atoms with E-state index in [-0.39, 0.29) is 40.8 Å². The zero-order valence-electron chi connectivity index (χ0n) is 15.3. The summed E-state index contributed by atoms with van der Waals surface area (Å²) < 4.78 is 8.55. The van der Waals surface area contributed by atoms with Gasteiger partial charge in [-0.15, -0.1) is 0 Å². The van der Waals surface area contributed by atoms with Gasteiger partial charge in [0.2, 0.25) is 12.7 Å². The molecule has 0 fully saturated rings. The van der Waals surface area contributed by atoms with E-state index in [1.807, 2.05) is 14.1 Å².